The molecule has 1 atom stereocenters. The largest absolute Gasteiger partial charge is 0.465 e. The molecule has 0 aliphatic heterocycles. The highest BCUT2D eigenvalue weighted by molar-refractivity contribution is 5.76. The van der Waals surface area contributed by atoms with Crippen molar-refractivity contribution >= 4 is 12.3 Å². The highest BCUT2D eigenvalue weighted by atomic mass is 16.5. The predicted octanol–water partition coefficient (Wildman–Crippen LogP) is 1.68. The van der Waals surface area contributed by atoms with E-state index in [1.54, 1.807) is 0 Å². The molecule has 0 heterocycles. The Morgan fingerprint density at radius 1 is 1.44 bits per heavy atom. The highest BCUT2D eigenvalue weighted by Gasteiger charge is 2.24. The van der Waals surface area contributed by atoms with Crippen LogP contribution in [0.25, 0.3) is 0 Å². The van der Waals surface area contributed by atoms with Crippen LogP contribution in [0, 0.1) is 0 Å². The fraction of sp³-hybridized carbons (Fsp3) is 0.833. The summed E-state index contributed by atoms with van der Waals surface area (Å²) >= 11 is 0. The maximum Gasteiger partial charge on any atom is 0.323 e. The van der Waals surface area contributed by atoms with E-state index in [-0.39, 0.29) is 11.5 Å². The Hall–Kier alpha value is -0.900. The molecule has 1 N–H and O–H groups in total. The lowest BCUT2D eigenvalue weighted by Gasteiger charge is -2.26. The Kier molecular flexibility index (Phi) is 6.97. The van der Waals surface area contributed by atoms with E-state index < -0.39 is 6.04 Å². The summed E-state index contributed by atoms with van der Waals surface area (Å²) in [6.07, 6.45) is 2.49. The number of esters is 1. The fourth-order valence-electron chi connectivity index (χ4n) is 1.31. The van der Waals surface area contributed by atoms with Gasteiger partial charge in [0, 0.05) is 12.0 Å². The zero-order valence-corrected chi connectivity index (χ0v) is 10.7. The number of hydrogen-bond donors (Lipinski definition) is 1. The predicted molar refractivity (Wildman–Crippen MR) is 63.2 cm³/mol. The first-order valence-corrected chi connectivity index (χ1v) is 5.78. The third-order valence-electron chi connectivity index (χ3n) is 1.91. The van der Waals surface area contributed by atoms with Gasteiger partial charge in [-0.1, -0.05) is 6.92 Å². The van der Waals surface area contributed by atoms with Crippen LogP contribution >= 0.6 is 0 Å². The van der Waals surface area contributed by atoms with E-state index in [0.29, 0.717) is 19.4 Å². The summed E-state index contributed by atoms with van der Waals surface area (Å²) in [4.78, 5) is 22.0. The van der Waals surface area contributed by atoms with Crippen molar-refractivity contribution in [3.8, 4) is 0 Å². The molecule has 1 unspecified atom stereocenters. The van der Waals surface area contributed by atoms with E-state index in [2.05, 4.69) is 5.32 Å². The first kappa shape index (κ1) is 15.1. The topological polar surface area (TPSA) is 55.4 Å². The Morgan fingerprint density at radius 3 is 2.50 bits per heavy atom. The molecule has 0 bridgehead atoms. The summed E-state index contributed by atoms with van der Waals surface area (Å²) < 4.78 is 5.08. The van der Waals surface area contributed by atoms with Crippen molar-refractivity contribution in [2.75, 3.05) is 6.61 Å². The van der Waals surface area contributed by atoms with Gasteiger partial charge in [0.15, 0.2) is 0 Å². The van der Waals surface area contributed by atoms with Crippen LogP contribution in [0.3, 0.4) is 0 Å². The molecule has 0 rings (SSSR count). The molecule has 0 amide bonds. The normalized spacial score (nSPS) is 13.2. The minimum Gasteiger partial charge on any atom is -0.465 e. The van der Waals surface area contributed by atoms with E-state index in [1.807, 2.05) is 27.7 Å². The van der Waals surface area contributed by atoms with Gasteiger partial charge in [0.05, 0.1) is 6.61 Å². The smallest absolute Gasteiger partial charge is 0.323 e. The fourth-order valence-corrected chi connectivity index (χ4v) is 1.31. The van der Waals surface area contributed by atoms with Crippen LogP contribution in [0.5, 0.6) is 0 Å². The van der Waals surface area contributed by atoms with Crippen molar-refractivity contribution in [3.63, 3.8) is 0 Å². The van der Waals surface area contributed by atoms with E-state index in [4.69, 9.17) is 4.74 Å². The van der Waals surface area contributed by atoms with E-state index >= 15 is 0 Å². The summed E-state index contributed by atoms with van der Waals surface area (Å²) in [5.41, 5.74) is -0.168. The van der Waals surface area contributed by atoms with Gasteiger partial charge in [-0.2, -0.15) is 0 Å². The van der Waals surface area contributed by atoms with Gasteiger partial charge in [-0.05, 0) is 33.6 Å². The third kappa shape index (κ3) is 7.40. The van der Waals surface area contributed by atoms with Crippen molar-refractivity contribution < 1.29 is 14.3 Å². The van der Waals surface area contributed by atoms with Gasteiger partial charge >= 0.3 is 5.97 Å². The van der Waals surface area contributed by atoms with Crippen LogP contribution in [-0.2, 0) is 14.3 Å². The maximum atomic E-state index is 11.7. The van der Waals surface area contributed by atoms with E-state index in [9.17, 15) is 9.59 Å². The van der Waals surface area contributed by atoms with Gasteiger partial charge < -0.3 is 9.53 Å². The SMILES string of the molecule is CCCOC(=O)C(CCC=O)NC(C)(C)C. The molecule has 0 radical (unpaired) electrons. The summed E-state index contributed by atoms with van der Waals surface area (Å²) in [6.45, 7) is 8.32. The standard InChI is InChI=1S/C12H23NO3/c1-5-9-16-11(15)10(7-6-8-14)13-12(2,3)4/h8,10,13H,5-7,9H2,1-4H3. The molecule has 0 saturated carbocycles. The summed E-state index contributed by atoms with van der Waals surface area (Å²) in [7, 11) is 0. The number of nitrogens with one attached hydrogen (secondary N) is 1. The third-order valence-corrected chi connectivity index (χ3v) is 1.91. The summed E-state index contributed by atoms with van der Waals surface area (Å²) in [6, 6.07) is -0.392. The lowest BCUT2D eigenvalue weighted by Crippen LogP contribution is -2.48. The minimum atomic E-state index is -0.392. The first-order chi connectivity index (χ1) is 7.40. The zero-order valence-electron chi connectivity index (χ0n) is 10.7. The van der Waals surface area contributed by atoms with Crippen molar-refractivity contribution in [1.29, 1.82) is 0 Å². The van der Waals surface area contributed by atoms with Crippen molar-refractivity contribution in [2.45, 2.75) is 58.5 Å². The number of ether oxygens (including phenoxy) is 1. The van der Waals surface area contributed by atoms with Crippen LogP contribution in [0.4, 0.5) is 0 Å². The van der Waals surface area contributed by atoms with E-state index in [1.165, 1.54) is 0 Å². The van der Waals surface area contributed by atoms with Crippen LogP contribution in [-0.4, -0.2) is 30.4 Å². The van der Waals surface area contributed by atoms with Gasteiger partial charge in [0.2, 0.25) is 0 Å². The molecule has 4 heteroatoms. The quantitative estimate of drug-likeness (QED) is 0.533. The molecule has 16 heavy (non-hydrogen) atoms. The van der Waals surface area contributed by atoms with Crippen molar-refractivity contribution in [1.82, 2.24) is 5.32 Å². The molecule has 4 nitrogen and oxygen atoms in total. The lowest BCUT2D eigenvalue weighted by molar-refractivity contribution is -0.147. The molecular weight excluding hydrogens is 206 g/mol. The summed E-state index contributed by atoms with van der Waals surface area (Å²) in [5, 5.41) is 3.17. The number of carbonyl (C=O) groups excluding carboxylic acids is 2. The Labute approximate surface area is 97.7 Å². The highest BCUT2D eigenvalue weighted by Crippen LogP contribution is 2.07. The Balaban J connectivity index is 4.28. The average Bonchev–Trinajstić information content (AvgIpc) is 2.19. The van der Waals surface area contributed by atoms with Crippen molar-refractivity contribution in [3.05, 3.63) is 0 Å². The molecule has 0 spiro atoms. The van der Waals surface area contributed by atoms with Gasteiger partial charge in [-0.3, -0.25) is 10.1 Å². The monoisotopic (exact) mass is 229 g/mol. The number of hydrogen-bond acceptors (Lipinski definition) is 4. The number of carbonyl (C=O) groups is 2. The Morgan fingerprint density at radius 2 is 2.06 bits per heavy atom. The second-order valence-corrected chi connectivity index (χ2v) is 4.86. The molecule has 0 aromatic rings. The second-order valence-electron chi connectivity index (χ2n) is 4.86. The maximum absolute atomic E-state index is 11.7. The molecule has 0 aliphatic carbocycles. The molecule has 0 aromatic carbocycles. The molecule has 94 valence electrons. The first-order valence-electron chi connectivity index (χ1n) is 5.78. The molecular formula is C12H23NO3. The van der Waals surface area contributed by atoms with Gasteiger partial charge in [0.25, 0.3) is 0 Å². The zero-order chi connectivity index (χ0) is 12.6. The molecule has 0 fully saturated rings. The van der Waals surface area contributed by atoms with Crippen LogP contribution in [0.15, 0.2) is 0 Å². The molecule has 0 aromatic heterocycles. The number of aldehydes is 1. The van der Waals surface area contributed by atoms with Crippen molar-refractivity contribution in [2.24, 2.45) is 0 Å². The van der Waals surface area contributed by atoms with Crippen LogP contribution in [0.2, 0.25) is 0 Å². The van der Waals surface area contributed by atoms with Crippen LogP contribution < -0.4 is 5.32 Å². The van der Waals surface area contributed by atoms with Gasteiger partial charge in [0.1, 0.15) is 12.3 Å². The van der Waals surface area contributed by atoms with Gasteiger partial charge in [-0.15, -0.1) is 0 Å². The Bertz CT molecular complexity index is 221. The summed E-state index contributed by atoms with van der Waals surface area (Å²) in [5.74, 6) is -0.265. The lowest BCUT2D eigenvalue weighted by atomic mass is 10.0. The van der Waals surface area contributed by atoms with Crippen LogP contribution in [0.1, 0.15) is 47.0 Å². The minimum absolute atomic E-state index is 0.168. The average molecular weight is 229 g/mol. The second kappa shape index (κ2) is 7.39. The van der Waals surface area contributed by atoms with Gasteiger partial charge in [-0.25, -0.2) is 0 Å². The molecule has 0 aliphatic rings. The van der Waals surface area contributed by atoms with E-state index in [0.717, 1.165) is 12.7 Å². The molecule has 0 saturated heterocycles. The number of rotatable bonds is 7.